The van der Waals surface area contributed by atoms with Crippen molar-refractivity contribution in [1.29, 1.82) is 0 Å². The first-order valence-electron chi connectivity index (χ1n) is 3.90. The Balaban J connectivity index is 2.66. The third-order valence-corrected chi connectivity index (χ3v) is 2.24. The van der Waals surface area contributed by atoms with Gasteiger partial charge < -0.3 is 0 Å². The Bertz CT molecular complexity index is 134. The van der Waals surface area contributed by atoms with Crippen LogP contribution in [0.15, 0.2) is 11.0 Å². The van der Waals surface area contributed by atoms with E-state index in [1.807, 2.05) is 0 Å². The maximum absolute atomic E-state index is 2.30. The third kappa shape index (κ3) is 1.38. The van der Waals surface area contributed by atoms with Crippen LogP contribution in [0, 0.1) is 5.92 Å². The summed E-state index contributed by atoms with van der Waals surface area (Å²) in [5.41, 5.74) is 3.38. The lowest BCUT2D eigenvalue weighted by Gasteiger charge is -2.06. The number of allylic oxidation sites excluding steroid dienone is 2. The summed E-state index contributed by atoms with van der Waals surface area (Å²) in [7, 11) is 2.28. The van der Waals surface area contributed by atoms with E-state index < -0.39 is 0 Å². The first-order valence-corrected chi connectivity index (χ1v) is 3.90. The molecule has 0 bridgehead atoms. The lowest BCUT2D eigenvalue weighted by molar-refractivity contribution is 0.725. The number of hydrogen-bond donors (Lipinski definition) is 0. The van der Waals surface area contributed by atoms with Crippen LogP contribution >= 0.6 is 0 Å². The van der Waals surface area contributed by atoms with Gasteiger partial charge in [0.05, 0.1) is 0 Å². The second-order valence-corrected chi connectivity index (χ2v) is 3.31. The highest BCUT2D eigenvalue weighted by Gasteiger charge is 2.12. The van der Waals surface area contributed by atoms with E-state index in [0.717, 1.165) is 5.92 Å². The molecule has 1 heteroatoms. The normalized spacial score (nSPS) is 19.9. The monoisotopic (exact) mass is 122 g/mol. The third-order valence-electron chi connectivity index (χ3n) is 2.24. The van der Waals surface area contributed by atoms with Crippen LogP contribution in [0.5, 0.6) is 0 Å². The highest BCUT2D eigenvalue weighted by molar-refractivity contribution is 6.22. The molecule has 0 spiro atoms. The minimum Gasteiger partial charge on any atom is -0.110 e. The fraction of sp³-hybridized carbons (Fsp3) is 0.750. The van der Waals surface area contributed by atoms with Crippen molar-refractivity contribution in [2.75, 3.05) is 0 Å². The fourth-order valence-electron chi connectivity index (χ4n) is 1.70. The molecule has 9 heavy (non-hydrogen) atoms. The van der Waals surface area contributed by atoms with E-state index >= 15 is 0 Å². The average Bonchev–Trinajstić information content (AvgIpc) is 2.13. The maximum atomic E-state index is 2.30. The molecule has 0 N–H and O–H groups in total. The molecule has 0 aromatic rings. The summed E-state index contributed by atoms with van der Waals surface area (Å²) >= 11 is 0. The van der Waals surface area contributed by atoms with Crippen molar-refractivity contribution in [2.24, 2.45) is 5.92 Å². The Morgan fingerprint density at radius 2 is 2.00 bits per heavy atom. The van der Waals surface area contributed by atoms with Gasteiger partial charge in [-0.15, -0.1) is 5.47 Å². The van der Waals surface area contributed by atoms with E-state index in [9.17, 15) is 0 Å². The Hall–Kier alpha value is -0.195. The van der Waals surface area contributed by atoms with Crippen LogP contribution in [0.25, 0.3) is 0 Å². The Morgan fingerprint density at radius 3 is 2.22 bits per heavy atom. The lowest BCUT2D eigenvalue weighted by Crippen LogP contribution is -1.92. The first kappa shape index (κ1) is 6.92. The van der Waals surface area contributed by atoms with Gasteiger partial charge in [0, 0.05) is 0 Å². The molecule has 0 radical (unpaired) electrons. The standard InChI is InChI=1S/C8H15B/c1-6(2)7-4-3-5-8(7)9/h6H,3-5,9H2,1-2H3. The molecule has 1 rings (SSSR count). The van der Waals surface area contributed by atoms with E-state index in [1.54, 1.807) is 11.0 Å². The molecular weight excluding hydrogens is 107 g/mol. The minimum absolute atomic E-state index is 0.799. The molecule has 0 unspecified atom stereocenters. The molecule has 0 atom stereocenters. The molecule has 0 aliphatic heterocycles. The van der Waals surface area contributed by atoms with Crippen molar-refractivity contribution in [3.63, 3.8) is 0 Å². The van der Waals surface area contributed by atoms with Gasteiger partial charge in [0.2, 0.25) is 0 Å². The molecule has 0 aromatic carbocycles. The van der Waals surface area contributed by atoms with E-state index in [-0.39, 0.29) is 0 Å². The van der Waals surface area contributed by atoms with Gasteiger partial charge in [-0.1, -0.05) is 19.4 Å². The molecule has 0 nitrogen and oxygen atoms in total. The van der Waals surface area contributed by atoms with Crippen molar-refractivity contribution >= 4 is 7.85 Å². The molecule has 0 saturated heterocycles. The molecule has 1 aliphatic rings. The summed E-state index contributed by atoms with van der Waals surface area (Å²) in [5, 5.41) is 0. The van der Waals surface area contributed by atoms with Gasteiger partial charge >= 0.3 is 0 Å². The molecule has 0 saturated carbocycles. The average molecular weight is 122 g/mol. The van der Waals surface area contributed by atoms with E-state index in [1.165, 1.54) is 19.3 Å². The van der Waals surface area contributed by atoms with E-state index in [4.69, 9.17) is 0 Å². The minimum atomic E-state index is 0.799. The van der Waals surface area contributed by atoms with E-state index in [0.29, 0.717) is 0 Å². The van der Waals surface area contributed by atoms with Gasteiger partial charge in [-0.3, -0.25) is 0 Å². The van der Waals surface area contributed by atoms with Crippen LogP contribution in [0.3, 0.4) is 0 Å². The van der Waals surface area contributed by atoms with Crippen LogP contribution in [-0.4, -0.2) is 7.85 Å². The van der Waals surface area contributed by atoms with Gasteiger partial charge in [0.1, 0.15) is 7.85 Å². The molecule has 1 aliphatic carbocycles. The smallest absolute Gasteiger partial charge is 0.110 e. The molecule has 50 valence electrons. The van der Waals surface area contributed by atoms with Crippen LogP contribution in [-0.2, 0) is 0 Å². The Kier molecular flexibility index (Phi) is 1.99. The second-order valence-electron chi connectivity index (χ2n) is 3.31. The second kappa shape index (κ2) is 2.59. The zero-order valence-corrected chi connectivity index (χ0v) is 6.70. The topological polar surface area (TPSA) is 0 Å². The van der Waals surface area contributed by atoms with Crippen LogP contribution in [0.2, 0.25) is 0 Å². The highest BCUT2D eigenvalue weighted by Crippen LogP contribution is 2.28. The summed E-state index contributed by atoms with van der Waals surface area (Å²) in [6.45, 7) is 4.59. The maximum Gasteiger partial charge on any atom is 0.133 e. The summed E-state index contributed by atoms with van der Waals surface area (Å²) in [6, 6.07) is 0. The van der Waals surface area contributed by atoms with Gasteiger partial charge in [0.25, 0.3) is 0 Å². The molecule has 0 amide bonds. The van der Waals surface area contributed by atoms with Crippen LogP contribution in [0.4, 0.5) is 0 Å². The summed E-state index contributed by atoms with van der Waals surface area (Å²) in [6.07, 6.45) is 4.12. The largest absolute Gasteiger partial charge is 0.133 e. The first-order chi connectivity index (χ1) is 4.22. The zero-order valence-electron chi connectivity index (χ0n) is 6.70. The Morgan fingerprint density at radius 1 is 1.33 bits per heavy atom. The lowest BCUT2D eigenvalue weighted by atomic mass is 9.88. The number of rotatable bonds is 1. The van der Waals surface area contributed by atoms with Crippen LogP contribution < -0.4 is 0 Å². The summed E-state index contributed by atoms with van der Waals surface area (Å²) in [4.78, 5) is 0. The van der Waals surface area contributed by atoms with Crippen molar-refractivity contribution in [3.8, 4) is 0 Å². The highest BCUT2D eigenvalue weighted by atomic mass is 14.2. The van der Waals surface area contributed by atoms with Gasteiger partial charge in [-0.05, 0) is 25.2 Å². The van der Waals surface area contributed by atoms with Crippen molar-refractivity contribution in [1.82, 2.24) is 0 Å². The van der Waals surface area contributed by atoms with Crippen molar-refractivity contribution in [2.45, 2.75) is 33.1 Å². The molecule has 0 heterocycles. The predicted octanol–water partition coefficient (Wildman–Crippen LogP) is 1.71. The SMILES string of the molecule is BC1=C(C(C)C)CCC1. The van der Waals surface area contributed by atoms with Gasteiger partial charge in [-0.2, -0.15) is 0 Å². The quantitative estimate of drug-likeness (QED) is 0.464. The Labute approximate surface area is 58.8 Å². The number of hydrogen-bond acceptors (Lipinski definition) is 0. The fourth-order valence-corrected chi connectivity index (χ4v) is 1.70. The summed E-state index contributed by atoms with van der Waals surface area (Å²) in [5.74, 6) is 0.799. The van der Waals surface area contributed by atoms with Crippen molar-refractivity contribution in [3.05, 3.63) is 11.0 Å². The van der Waals surface area contributed by atoms with Gasteiger partial charge in [-0.25, -0.2) is 0 Å². The summed E-state index contributed by atoms with van der Waals surface area (Å²) < 4.78 is 0. The molecule has 0 aromatic heterocycles. The zero-order chi connectivity index (χ0) is 6.85. The predicted molar refractivity (Wildman–Crippen MR) is 44.3 cm³/mol. The molecular formula is C8H15B. The molecule has 0 fully saturated rings. The van der Waals surface area contributed by atoms with E-state index in [2.05, 4.69) is 21.7 Å². The van der Waals surface area contributed by atoms with Crippen LogP contribution in [0.1, 0.15) is 33.1 Å². The van der Waals surface area contributed by atoms with Crippen molar-refractivity contribution < 1.29 is 0 Å². The van der Waals surface area contributed by atoms with Gasteiger partial charge in [0.15, 0.2) is 0 Å².